The standard InChI is InChI=1S/C16H31N3O/c1-3-14-8-6-11-19(14)12-9-13-7-5-10-16(13,15(17)20)18-4-2/h13-14,18H,3-12H2,1-2H3,(H2,17,20). The van der Waals surface area contributed by atoms with Crippen molar-refractivity contribution in [3.05, 3.63) is 0 Å². The molecular formula is C16H31N3O. The molecule has 2 aliphatic rings. The summed E-state index contributed by atoms with van der Waals surface area (Å²) in [5, 5.41) is 3.42. The van der Waals surface area contributed by atoms with Gasteiger partial charge < -0.3 is 16.0 Å². The van der Waals surface area contributed by atoms with Crippen LogP contribution in [0.25, 0.3) is 0 Å². The van der Waals surface area contributed by atoms with E-state index in [1.807, 2.05) is 0 Å². The molecule has 0 bridgehead atoms. The summed E-state index contributed by atoms with van der Waals surface area (Å²) >= 11 is 0. The number of carbonyl (C=O) groups excluding carboxylic acids is 1. The fraction of sp³-hybridized carbons (Fsp3) is 0.938. The van der Waals surface area contributed by atoms with E-state index in [1.54, 1.807) is 0 Å². The third-order valence-electron chi connectivity index (χ3n) is 5.49. The number of likely N-dealkylation sites (tertiary alicyclic amines) is 1. The van der Waals surface area contributed by atoms with Gasteiger partial charge in [-0.3, -0.25) is 4.79 Å². The second-order valence-corrected chi connectivity index (χ2v) is 6.48. The van der Waals surface area contributed by atoms with Crippen LogP contribution in [0.15, 0.2) is 0 Å². The van der Waals surface area contributed by atoms with Crippen LogP contribution < -0.4 is 11.1 Å². The monoisotopic (exact) mass is 281 g/mol. The van der Waals surface area contributed by atoms with E-state index in [0.29, 0.717) is 5.92 Å². The molecule has 3 N–H and O–H groups in total. The van der Waals surface area contributed by atoms with E-state index in [4.69, 9.17) is 5.73 Å². The minimum absolute atomic E-state index is 0.143. The Labute approximate surface area is 123 Å². The fourth-order valence-electron chi connectivity index (χ4n) is 4.40. The highest BCUT2D eigenvalue weighted by atomic mass is 16.1. The summed E-state index contributed by atoms with van der Waals surface area (Å²) in [6, 6.07) is 0.763. The summed E-state index contributed by atoms with van der Waals surface area (Å²) in [4.78, 5) is 14.6. The molecule has 1 saturated heterocycles. The van der Waals surface area contributed by atoms with E-state index in [9.17, 15) is 4.79 Å². The van der Waals surface area contributed by atoms with Crippen molar-refractivity contribution < 1.29 is 4.79 Å². The highest BCUT2D eigenvalue weighted by molar-refractivity contribution is 5.85. The molecule has 1 heterocycles. The Kier molecular flexibility index (Phi) is 5.44. The van der Waals surface area contributed by atoms with Crippen molar-refractivity contribution in [1.82, 2.24) is 10.2 Å². The normalized spacial score (nSPS) is 34.7. The number of nitrogens with zero attached hydrogens (tertiary/aromatic N) is 1. The van der Waals surface area contributed by atoms with E-state index in [0.717, 1.165) is 44.8 Å². The van der Waals surface area contributed by atoms with Crippen molar-refractivity contribution in [2.45, 2.75) is 70.4 Å². The van der Waals surface area contributed by atoms with Gasteiger partial charge in [0.25, 0.3) is 0 Å². The van der Waals surface area contributed by atoms with Gasteiger partial charge in [-0.1, -0.05) is 20.3 Å². The van der Waals surface area contributed by atoms with Gasteiger partial charge in [-0.15, -0.1) is 0 Å². The number of nitrogens with two attached hydrogens (primary N) is 1. The summed E-state index contributed by atoms with van der Waals surface area (Å²) in [6.07, 6.45) is 8.20. The lowest BCUT2D eigenvalue weighted by Crippen LogP contribution is -2.58. The lowest BCUT2D eigenvalue weighted by atomic mass is 9.83. The summed E-state index contributed by atoms with van der Waals surface area (Å²) in [5.41, 5.74) is 5.30. The topological polar surface area (TPSA) is 58.4 Å². The lowest BCUT2D eigenvalue weighted by molar-refractivity contribution is -0.126. The van der Waals surface area contributed by atoms with Gasteiger partial charge >= 0.3 is 0 Å². The van der Waals surface area contributed by atoms with Crippen LogP contribution in [0.3, 0.4) is 0 Å². The molecular weight excluding hydrogens is 250 g/mol. The van der Waals surface area contributed by atoms with Crippen molar-refractivity contribution in [1.29, 1.82) is 0 Å². The maximum atomic E-state index is 12.0. The highest BCUT2D eigenvalue weighted by Gasteiger charge is 2.46. The quantitative estimate of drug-likeness (QED) is 0.749. The van der Waals surface area contributed by atoms with E-state index in [1.165, 1.54) is 25.8 Å². The Morgan fingerprint density at radius 3 is 2.80 bits per heavy atom. The van der Waals surface area contributed by atoms with Crippen molar-refractivity contribution in [3.63, 3.8) is 0 Å². The van der Waals surface area contributed by atoms with Crippen molar-refractivity contribution in [2.24, 2.45) is 11.7 Å². The molecule has 2 fully saturated rings. The Morgan fingerprint density at radius 2 is 2.15 bits per heavy atom. The summed E-state index contributed by atoms with van der Waals surface area (Å²) in [6.45, 7) is 7.53. The molecule has 1 aliphatic carbocycles. The molecule has 3 atom stereocenters. The van der Waals surface area contributed by atoms with E-state index in [2.05, 4.69) is 24.1 Å². The summed E-state index contributed by atoms with van der Waals surface area (Å²) in [5.74, 6) is 0.272. The number of hydrogen-bond acceptors (Lipinski definition) is 3. The first-order valence-corrected chi connectivity index (χ1v) is 8.43. The summed E-state index contributed by atoms with van der Waals surface area (Å²) in [7, 11) is 0. The Morgan fingerprint density at radius 1 is 1.35 bits per heavy atom. The van der Waals surface area contributed by atoms with Crippen LogP contribution in [-0.4, -0.2) is 42.0 Å². The number of amides is 1. The van der Waals surface area contributed by atoms with E-state index >= 15 is 0 Å². The highest BCUT2D eigenvalue weighted by Crippen LogP contribution is 2.38. The first-order valence-electron chi connectivity index (χ1n) is 8.43. The smallest absolute Gasteiger partial charge is 0.238 e. The predicted molar refractivity (Wildman–Crippen MR) is 82.4 cm³/mol. The lowest BCUT2D eigenvalue weighted by Gasteiger charge is -2.35. The van der Waals surface area contributed by atoms with Gasteiger partial charge in [0.2, 0.25) is 5.91 Å². The van der Waals surface area contributed by atoms with Crippen molar-refractivity contribution >= 4 is 5.91 Å². The van der Waals surface area contributed by atoms with Gasteiger partial charge in [-0.2, -0.15) is 0 Å². The van der Waals surface area contributed by atoms with E-state index < -0.39 is 5.54 Å². The second-order valence-electron chi connectivity index (χ2n) is 6.48. The zero-order chi connectivity index (χ0) is 14.6. The second kappa shape index (κ2) is 6.90. The molecule has 2 rings (SSSR count). The molecule has 0 aromatic heterocycles. The summed E-state index contributed by atoms with van der Waals surface area (Å²) < 4.78 is 0. The molecule has 1 aliphatic heterocycles. The van der Waals surface area contributed by atoms with Gasteiger partial charge in [0, 0.05) is 6.04 Å². The SMILES string of the molecule is CCNC1(C(N)=O)CCCC1CCN1CCCC1CC. The molecule has 1 saturated carbocycles. The van der Waals surface area contributed by atoms with Crippen LogP contribution in [0, 0.1) is 5.92 Å². The number of nitrogens with one attached hydrogen (secondary N) is 1. The third kappa shape index (κ3) is 3.01. The van der Waals surface area contributed by atoms with Crippen LogP contribution in [0.5, 0.6) is 0 Å². The molecule has 4 nitrogen and oxygen atoms in total. The Balaban J connectivity index is 1.95. The number of rotatable bonds is 7. The first kappa shape index (κ1) is 15.8. The minimum Gasteiger partial charge on any atom is -0.368 e. The first-order chi connectivity index (χ1) is 9.64. The van der Waals surface area contributed by atoms with Crippen molar-refractivity contribution in [2.75, 3.05) is 19.6 Å². The van der Waals surface area contributed by atoms with Crippen LogP contribution in [0.4, 0.5) is 0 Å². The van der Waals surface area contributed by atoms with E-state index in [-0.39, 0.29) is 5.91 Å². The van der Waals surface area contributed by atoms with Gasteiger partial charge in [0.15, 0.2) is 0 Å². The van der Waals surface area contributed by atoms with Gasteiger partial charge in [-0.25, -0.2) is 0 Å². The Hall–Kier alpha value is -0.610. The van der Waals surface area contributed by atoms with Crippen molar-refractivity contribution in [3.8, 4) is 0 Å². The van der Waals surface area contributed by atoms with Gasteiger partial charge in [-0.05, 0) is 64.1 Å². The molecule has 20 heavy (non-hydrogen) atoms. The van der Waals surface area contributed by atoms with Crippen LogP contribution in [0.1, 0.15) is 58.8 Å². The molecule has 3 unspecified atom stereocenters. The van der Waals surface area contributed by atoms with Gasteiger partial charge in [0.1, 0.15) is 5.54 Å². The number of hydrogen-bond donors (Lipinski definition) is 2. The van der Waals surface area contributed by atoms with Crippen LogP contribution >= 0.6 is 0 Å². The fourth-order valence-corrected chi connectivity index (χ4v) is 4.40. The van der Waals surface area contributed by atoms with Crippen LogP contribution in [-0.2, 0) is 4.79 Å². The third-order valence-corrected chi connectivity index (χ3v) is 5.49. The largest absolute Gasteiger partial charge is 0.368 e. The maximum Gasteiger partial charge on any atom is 0.238 e. The zero-order valence-electron chi connectivity index (χ0n) is 13.2. The minimum atomic E-state index is -0.434. The molecule has 0 aromatic rings. The maximum absolute atomic E-state index is 12.0. The zero-order valence-corrected chi connectivity index (χ0v) is 13.2. The molecule has 0 radical (unpaired) electrons. The molecule has 0 aromatic carbocycles. The number of primary amides is 1. The number of likely N-dealkylation sites (N-methyl/N-ethyl adjacent to an activating group) is 1. The average molecular weight is 281 g/mol. The molecule has 0 spiro atoms. The van der Waals surface area contributed by atoms with Crippen LogP contribution in [0.2, 0.25) is 0 Å². The average Bonchev–Trinajstić information content (AvgIpc) is 3.03. The molecule has 4 heteroatoms. The molecule has 1 amide bonds. The molecule has 116 valence electrons. The van der Waals surface area contributed by atoms with Gasteiger partial charge in [0.05, 0.1) is 0 Å². The Bertz CT molecular complexity index is 334. The predicted octanol–water partition coefficient (Wildman–Crippen LogP) is 1.88. The number of carbonyl (C=O) groups is 1.